The molecule has 0 aliphatic heterocycles. The van der Waals surface area contributed by atoms with Crippen molar-refractivity contribution in [2.45, 2.75) is 26.5 Å². The van der Waals surface area contributed by atoms with Gasteiger partial charge in [0, 0.05) is 16.1 Å². The third kappa shape index (κ3) is 4.55. The van der Waals surface area contributed by atoms with Crippen LogP contribution in [0.25, 0.3) is 0 Å². The van der Waals surface area contributed by atoms with Gasteiger partial charge in [0.05, 0.1) is 0 Å². The summed E-state index contributed by atoms with van der Waals surface area (Å²) in [5, 5.41) is 3.36. The van der Waals surface area contributed by atoms with Crippen molar-refractivity contribution in [3.63, 3.8) is 0 Å². The number of hydrogen-bond acceptors (Lipinski definition) is 2. The van der Waals surface area contributed by atoms with Crippen LogP contribution in [0.15, 0.2) is 46.9 Å². The summed E-state index contributed by atoms with van der Waals surface area (Å²) < 4.78 is 20.1. The minimum Gasteiger partial charge on any atom is -0.489 e. The highest BCUT2D eigenvalue weighted by molar-refractivity contribution is 9.10. The molecule has 0 saturated carbocycles. The molecule has 0 aromatic heterocycles. The first-order valence-electron chi connectivity index (χ1n) is 7.00. The maximum atomic E-state index is 13.6. The third-order valence-corrected chi connectivity index (χ3v) is 3.79. The van der Waals surface area contributed by atoms with E-state index in [2.05, 4.69) is 35.1 Å². The molecule has 112 valence electrons. The molecule has 0 aliphatic rings. The van der Waals surface area contributed by atoms with Gasteiger partial charge in [0.2, 0.25) is 0 Å². The number of nitrogens with one attached hydrogen (secondary N) is 1. The average Bonchev–Trinajstić information content (AvgIpc) is 2.49. The van der Waals surface area contributed by atoms with Crippen molar-refractivity contribution >= 4 is 15.9 Å². The normalized spacial score (nSPS) is 12.2. The molecule has 2 aromatic rings. The summed E-state index contributed by atoms with van der Waals surface area (Å²) in [7, 11) is 0. The van der Waals surface area contributed by atoms with Crippen LogP contribution in [0, 0.1) is 5.82 Å². The molecule has 2 aromatic carbocycles. The fourth-order valence-corrected chi connectivity index (χ4v) is 2.50. The van der Waals surface area contributed by atoms with Crippen molar-refractivity contribution < 1.29 is 9.13 Å². The highest BCUT2D eigenvalue weighted by Gasteiger charge is 2.06. The molecule has 1 N–H and O–H groups in total. The summed E-state index contributed by atoms with van der Waals surface area (Å²) in [5.74, 6) is 0.484. The molecule has 0 bridgehead atoms. The summed E-state index contributed by atoms with van der Waals surface area (Å²) in [5.41, 5.74) is 1.74. The Morgan fingerprint density at radius 1 is 1.19 bits per heavy atom. The van der Waals surface area contributed by atoms with Crippen LogP contribution in [0.3, 0.4) is 0 Å². The van der Waals surface area contributed by atoms with Crippen LogP contribution in [0.4, 0.5) is 4.39 Å². The summed E-state index contributed by atoms with van der Waals surface area (Å²) in [6, 6.07) is 13.0. The van der Waals surface area contributed by atoms with Gasteiger partial charge in [0.15, 0.2) is 0 Å². The zero-order valence-corrected chi connectivity index (χ0v) is 13.8. The first-order chi connectivity index (χ1) is 10.1. The summed E-state index contributed by atoms with van der Waals surface area (Å²) >= 11 is 3.33. The lowest BCUT2D eigenvalue weighted by atomic mass is 10.1. The second kappa shape index (κ2) is 7.57. The Labute approximate surface area is 133 Å². The smallest absolute Gasteiger partial charge is 0.129 e. The van der Waals surface area contributed by atoms with E-state index in [1.165, 1.54) is 11.6 Å². The van der Waals surface area contributed by atoms with Crippen LogP contribution in [0.2, 0.25) is 0 Å². The van der Waals surface area contributed by atoms with Gasteiger partial charge >= 0.3 is 0 Å². The predicted molar refractivity (Wildman–Crippen MR) is 87.0 cm³/mol. The van der Waals surface area contributed by atoms with E-state index in [-0.39, 0.29) is 12.4 Å². The lowest BCUT2D eigenvalue weighted by Crippen LogP contribution is -2.17. The van der Waals surface area contributed by atoms with Crippen molar-refractivity contribution in [3.05, 3.63) is 63.9 Å². The van der Waals surface area contributed by atoms with Gasteiger partial charge in [-0.25, -0.2) is 4.39 Å². The highest BCUT2D eigenvalue weighted by Crippen LogP contribution is 2.20. The second-order valence-electron chi connectivity index (χ2n) is 4.87. The first kappa shape index (κ1) is 16.0. The number of halogens is 2. The molecule has 2 nitrogen and oxygen atoms in total. The molecule has 2 rings (SSSR count). The van der Waals surface area contributed by atoms with Crippen molar-refractivity contribution in [1.29, 1.82) is 0 Å². The molecule has 0 aliphatic carbocycles. The van der Waals surface area contributed by atoms with Crippen LogP contribution >= 0.6 is 15.9 Å². The molecule has 0 saturated heterocycles. The van der Waals surface area contributed by atoms with E-state index in [9.17, 15) is 4.39 Å². The molecule has 1 unspecified atom stereocenters. The fraction of sp³-hybridized carbons (Fsp3) is 0.294. The fourth-order valence-electron chi connectivity index (χ4n) is 2.09. The highest BCUT2D eigenvalue weighted by atomic mass is 79.9. The molecule has 0 spiro atoms. The van der Waals surface area contributed by atoms with Crippen molar-refractivity contribution in [3.8, 4) is 5.75 Å². The van der Waals surface area contributed by atoms with E-state index in [1.54, 1.807) is 12.1 Å². The van der Waals surface area contributed by atoms with E-state index in [0.717, 1.165) is 16.8 Å². The Balaban J connectivity index is 1.99. The van der Waals surface area contributed by atoms with Gasteiger partial charge in [-0.15, -0.1) is 0 Å². The standard InChI is InChI=1S/C17H19BrFNO/c1-3-20-12(2)13-4-7-16(8-5-13)21-11-14-10-15(18)6-9-17(14)19/h4-10,12,20H,3,11H2,1-2H3. The van der Waals surface area contributed by atoms with Crippen LogP contribution < -0.4 is 10.1 Å². The van der Waals surface area contributed by atoms with Crippen LogP contribution in [0.1, 0.15) is 31.0 Å². The van der Waals surface area contributed by atoms with Gasteiger partial charge < -0.3 is 10.1 Å². The van der Waals surface area contributed by atoms with Crippen molar-refractivity contribution in [1.82, 2.24) is 5.32 Å². The van der Waals surface area contributed by atoms with Crippen LogP contribution in [-0.2, 0) is 6.61 Å². The number of ether oxygens (including phenoxy) is 1. The van der Waals surface area contributed by atoms with Crippen LogP contribution in [0.5, 0.6) is 5.75 Å². The predicted octanol–water partition coefficient (Wildman–Crippen LogP) is 4.84. The zero-order valence-electron chi connectivity index (χ0n) is 12.2. The molecule has 1 atom stereocenters. The molecule has 0 radical (unpaired) electrons. The quantitative estimate of drug-likeness (QED) is 0.803. The van der Waals surface area contributed by atoms with Crippen molar-refractivity contribution in [2.24, 2.45) is 0 Å². The van der Waals surface area contributed by atoms with E-state index in [4.69, 9.17) is 4.74 Å². The first-order valence-corrected chi connectivity index (χ1v) is 7.79. The zero-order chi connectivity index (χ0) is 15.2. The molecular weight excluding hydrogens is 333 g/mol. The minimum atomic E-state index is -0.254. The number of hydrogen-bond donors (Lipinski definition) is 1. The Morgan fingerprint density at radius 3 is 2.57 bits per heavy atom. The van der Waals surface area contributed by atoms with Gasteiger partial charge in [0.25, 0.3) is 0 Å². The van der Waals surface area contributed by atoms with Gasteiger partial charge in [-0.3, -0.25) is 0 Å². The lowest BCUT2D eigenvalue weighted by Gasteiger charge is -2.13. The number of rotatable bonds is 6. The van der Waals surface area contributed by atoms with Gasteiger partial charge in [-0.2, -0.15) is 0 Å². The topological polar surface area (TPSA) is 21.3 Å². The molecule has 0 heterocycles. The largest absolute Gasteiger partial charge is 0.489 e. The maximum absolute atomic E-state index is 13.6. The summed E-state index contributed by atoms with van der Waals surface area (Å²) in [4.78, 5) is 0. The molecule has 0 amide bonds. The molecule has 21 heavy (non-hydrogen) atoms. The summed E-state index contributed by atoms with van der Waals surface area (Å²) in [6.45, 7) is 5.35. The average molecular weight is 352 g/mol. The SMILES string of the molecule is CCNC(C)c1ccc(OCc2cc(Br)ccc2F)cc1. The van der Waals surface area contributed by atoms with E-state index in [0.29, 0.717) is 11.6 Å². The Hall–Kier alpha value is -1.39. The maximum Gasteiger partial charge on any atom is 0.129 e. The molecular formula is C17H19BrFNO. The minimum absolute atomic E-state index is 0.216. The second-order valence-corrected chi connectivity index (χ2v) is 5.79. The number of benzene rings is 2. The molecule has 0 fully saturated rings. The Bertz CT molecular complexity index is 586. The monoisotopic (exact) mass is 351 g/mol. The van der Waals surface area contributed by atoms with Gasteiger partial charge in [0.1, 0.15) is 18.2 Å². The van der Waals surface area contributed by atoms with Gasteiger partial charge in [-0.05, 0) is 49.4 Å². The van der Waals surface area contributed by atoms with E-state index >= 15 is 0 Å². The van der Waals surface area contributed by atoms with Gasteiger partial charge in [-0.1, -0.05) is 35.0 Å². The third-order valence-electron chi connectivity index (χ3n) is 3.29. The Kier molecular flexibility index (Phi) is 5.76. The lowest BCUT2D eigenvalue weighted by molar-refractivity contribution is 0.299. The van der Waals surface area contributed by atoms with Crippen molar-refractivity contribution in [2.75, 3.05) is 6.54 Å². The van der Waals surface area contributed by atoms with E-state index in [1.807, 2.05) is 24.3 Å². The summed E-state index contributed by atoms with van der Waals surface area (Å²) in [6.07, 6.45) is 0. The Morgan fingerprint density at radius 2 is 1.90 bits per heavy atom. The van der Waals surface area contributed by atoms with E-state index < -0.39 is 0 Å². The molecule has 4 heteroatoms. The van der Waals surface area contributed by atoms with Crippen LogP contribution in [-0.4, -0.2) is 6.54 Å².